The quantitative estimate of drug-likeness (QED) is 0.477. The van der Waals surface area contributed by atoms with E-state index in [0.29, 0.717) is 23.8 Å². The van der Waals surface area contributed by atoms with E-state index in [-0.39, 0.29) is 6.04 Å². The molecule has 0 radical (unpaired) electrons. The summed E-state index contributed by atoms with van der Waals surface area (Å²) in [5, 5.41) is 12.3. The third-order valence-electron chi connectivity index (χ3n) is 5.78. The van der Waals surface area contributed by atoms with Crippen molar-refractivity contribution in [2.45, 2.75) is 12.6 Å². The van der Waals surface area contributed by atoms with Crippen molar-refractivity contribution in [3.05, 3.63) is 83.7 Å². The van der Waals surface area contributed by atoms with E-state index in [1.54, 1.807) is 26.0 Å². The first-order valence-electron chi connectivity index (χ1n) is 10.4. The highest BCUT2D eigenvalue weighted by Crippen LogP contribution is 2.43. The Morgan fingerprint density at radius 3 is 2.00 bits per heavy atom. The first kappa shape index (κ1) is 20.1. The van der Waals surface area contributed by atoms with Gasteiger partial charge in [-0.15, -0.1) is 5.10 Å². The summed E-state index contributed by atoms with van der Waals surface area (Å²) in [5.41, 5.74) is 6.73. The Morgan fingerprint density at radius 1 is 0.844 bits per heavy atom. The zero-order valence-corrected chi connectivity index (χ0v) is 18.2. The highest BCUT2D eigenvalue weighted by Gasteiger charge is 2.27. The fourth-order valence-electron chi connectivity index (χ4n) is 4.29. The van der Waals surface area contributed by atoms with E-state index in [0.717, 1.165) is 11.4 Å². The average Bonchev–Trinajstić information content (AvgIpc) is 3.44. The first-order valence-corrected chi connectivity index (χ1v) is 10.4. The normalized spacial score (nSPS) is 12.3. The third kappa shape index (κ3) is 3.36. The van der Waals surface area contributed by atoms with Crippen molar-refractivity contribution in [1.82, 2.24) is 20.3 Å². The van der Waals surface area contributed by atoms with Crippen molar-refractivity contribution in [2.24, 2.45) is 0 Å². The van der Waals surface area contributed by atoms with Crippen LogP contribution in [0.4, 0.5) is 0 Å². The molecule has 5 rings (SSSR count). The van der Waals surface area contributed by atoms with E-state index in [9.17, 15) is 0 Å². The molecule has 1 aromatic heterocycles. The summed E-state index contributed by atoms with van der Waals surface area (Å²) < 4.78 is 18.0. The maximum absolute atomic E-state index is 5.45. The monoisotopic (exact) mass is 428 g/mol. The van der Waals surface area contributed by atoms with Crippen molar-refractivity contribution in [1.29, 1.82) is 0 Å². The van der Waals surface area contributed by atoms with Gasteiger partial charge in [0.05, 0.1) is 44.9 Å². The molecule has 0 spiro atoms. The molecule has 1 N–H and O–H groups in total. The summed E-state index contributed by atoms with van der Waals surface area (Å²) in [5.74, 6) is 1.67. The summed E-state index contributed by atoms with van der Waals surface area (Å²) in [6, 6.07) is 20.9. The lowest BCUT2D eigenvalue weighted by Gasteiger charge is -2.15. The van der Waals surface area contributed by atoms with Crippen LogP contribution in [0.2, 0.25) is 0 Å². The Morgan fingerprint density at radius 2 is 1.44 bits per heavy atom. The van der Waals surface area contributed by atoms with E-state index in [4.69, 9.17) is 14.2 Å². The van der Waals surface area contributed by atoms with Crippen LogP contribution in [0.5, 0.6) is 17.2 Å². The van der Waals surface area contributed by atoms with Gasteiger partial charge in [0.25, 0.3) is 0 Å². The van der Waals surface area contributed by atoms with Crippen molar-refractivity contribution in [2.75, 3.05) is 21.3 Å². The van der Waals surface area contributed by atoms with Crippen LogP contribution in [0.3, 0.4) is 0 Å². The molecule has 0 saturated carbocycles. The summed E-state index contributed by atoms with van der Waals surface area (Å²) in [4.78, 5) is 0. The van der Waals surface area contributed by atoms with Gasteiger partial charge in [-0.05, 0) is 22.3 Å². The molecule has 1 heterocycles. The second-order valence-electron chi connectivity index (χ2n) is 7.53. The number of hydrogen-bond acceptors (Lipinski definition) is 6. The number of ether oxygens (including phenoxy) is 3. The second kappa shape index (κ2) is 8.36. The van der Waals surface area contributed by atoms with Crippen LogP contribution in [0, 0.1) is 0 Å². The highest BCUT2D eigenvalue weighted by atomic mass is 16.5. The Hall–Kier alpha value is -3.84. The van der Waals surface area contributed by atoms with Crippen LogP contribution in [-0.4, -0.2) is 36.3 Å². The van der Waals surface area contributed by atoms with E-state index in [1.807, 2.05) is 18.3 Å². The zero-order chi connectivity index (χ0) is 22.1. The highest BCUT2D eigenvalue weighted by molar-refractivity contribution is 5.78. The van der Waals surface area contributed by atoms with Gasteiger partial charge in [0.1, 0.15) is 0 Å². The molecule has 3 aromatic carbocycles. The van der Waals surface area contributed by atoms with Gasteiger partial charge in [0.2, 0.25) is 5.75 Å². The smallest absolute Gasteiger partial charge is 0.203 e. The summed E-state index contributed by atoms with van der Waals surface area (Å²) in [6.45, 7) is 0.581. The number of nitrogens with zero attached hydrogens (tertiary/aromatic N) is 3. The lowest BCUT2D eigenvalue weighted by molar-refractivity contribution is 0.324. The van der Waals surface area contributed by atoms with Gasteiger partial charge in [0.15, 0.2) is 11.5 Å². The molecule has 7 nitrogen and oxygen atoms in total. The number of nitrogens with one attached hydrogen (secondary N) is 1. The van der Waals surface area contributed by atoms with Gasteiger partial charge in [-0.25, -0.2) is 4.68 Å². The molecule has 1 aliphatic rings. The van der Waals surface area contributed by atoms with Crippen LogP contribution in [0.25, 0.3) is 16.8 Å². The number of methoxy groups -OCH3 is 3. The average molecular weight is 428 g/mol. The molecule has 162 valence electrons. The van der Waals surface area contributed by atoms with E-state index < -0.39 is 0 Å². The minimum Gasteiger partial charge on any atom is -0.493 e. The first-order chi connectivity index (χ1) is 15.7. The summed E-state index contributed by atoms with van der Waals surface area (Å²) in [6.07, 6.45) is 1.90. The van der Waals surface area contributed by atoms with Crippen molar-refractivity contribution in [3.63, 3.8) is 0 Å². The second-order valence-corrected chi connectivity index (χ2v) is 7.53. The van der Waals surface area contributed by atoms with Gasteiger partial charge in [-0.2, -0.15) is 0 Å². The van der Waals surface area contributed by atoms with Crippen LogP contribution < -0.4 is 19.5 Å². The van der Waals surface area contributed by atoms with E-state index >= 15 is 0 Å². The number of hydrogen-bond donors (Lipinski definition) is 1. The van der Waals surface area contributed by atoms with Crippen molar-refractivity contribution >= 4 is 0 Å². The molecular weight excluding hydrogens is 404 g/mol. The Labute approximate surface area is 186 Å². The zero-order valence-electron chi connectivity index (χ0n) is 18.2. The molecule has 0 atom stereocenters. The molecule has 0 bridgehead atoms. The maximum atomic E-state index is 5.45. The van der Waals surface area contributed by atoms with Gasteiger partial charge >= 0.3 is 0 Å². The van der Waals surface area contributed by atoms with Crippen LogP contribution in [0.1, 0.15) is 22.9 Å². The van der Waals surface area contributed by atoms with Gasteiger partial charge in [0, 0.05) is 18.7 Å². The molecule has 1 aliphatic carbocycles. The largest absolute Gasteiger partial charge is 0.493 e. The minimum absolute atomic E-state index is 0.119. The van der Waals surface area contributed by atoms with Crippen molar-refractivity contribution < 1.29 is 14.2 Å². The predicted octanol–water partition coefficient (Wildman–Crippen LogP) is 4.15. The molecule has 0 saturated heterocycles. The third-order valence-corrected chi connectivity index (χ3v) is 5.78. The Bertz CT molecular complexity index is 1200. The van der Waals surface area contributed by atoms with Gasteiger partial charge in [-0.3, -0.25) is 0 Å². The predicted molar refractivity (Wildman–Crippen MR) is 122 cm³/mol. The molecule has 4 aromatic rings. The number of fused-ring (bicyclic) bond motifs is 3. The van der Waals surface area contributed by atoms with E-state index in [1.165, 1.54) is 22.3 Å². The number of rotatable bonds is 7. The topological polar surface area (TPSA) is 70.4 Å². The molecule has 0 aliphatic heterocycles. The summed E-state index contributed by atoms with van der Waals surface area (Å²) in [7, 11) is 4.77. The minimum atomic E-state index is 0.119. The van der Waals surface area contributed by atoms with Crippen LogP contribution in [0.15, 0.2) is 66.9 Å². The molecule has 7 heteroatoms. The molecule has 32 heavy (non-hydrogen) atoms. The number of aromatic nitrogens is 3. The Kier molecular flexibility index (Phi) is 5.25. The molecule has 0 unspecified atom stereocenters. The molecular formula is C25H24N4O3. The molecule has 0 amide bonds. The van der Waals surface area contributed by atoms with Crippen molar-refractivity contribution in [3.8, 4) is 34.1 Å². The SMILES string of the molecule is COc1cc(-n2cc(CNC3c4ccccc4-c4ccccc43)nn2)cc(OC)c1OC. The Balaban J connectivity index is 1.39. The molecule has 0 fully saturated rings. The number of benzene rings is 3. The van der Waals surface area contributed by atoms with Gasteiger partial charge in [-0.1, -0.05) is 53.7 Å². The maximum Gasteiger partial charge on any atom is 0.203 e. The standard InChI is InChI=1S/C25H24N4O3/c1-30-22-12-17(13-23(31-2)25(22)32-3)29-15-16(27-28-29)14-26-24-20-10-6-4-8-18(20)19-9-5-7-11-21(19)24/h4-13,15,24,26H,14H2,1-3H3. The van der Waals surface area contributed by atoms with Crippen LogP contribution in [-0.2, 0) is 6.54 Å². The lowest BCUT2D eigenvalue weighted by atomic mass is 10.1. The van der Waals surface area contributed by atoms with Crippen LogP contribution >= 0.6 is 0 Å². The fourth-order valence-corrected chi connectivity index (χ4v) is 4.29. The van der Waals surface area contributed by atoms with E-state index in [2.05, 4.69) is 64.2 Å². The fraction of sp³-hybridized carbons (Fsp3) is 0.200. The lowest BCUT2D eigenvalue weighted by Crippen LogP contribution is -2.20. The van der Waals surface area contributed by atoms with Gasteiger partial charge < -0.3 is 19.5 Å². The summed E-state index contributed by atoms with van der Waals surface area (Å²) >= 11 is 0.